The summed E-state index contributed by atoms with van der Waals surface area (Å²) in [5.74, 6) is 0. The van der Waals surface area contributed by atoms with Crippen molar-refractivity contribution in [2.75, 3.05) is 37.6 Å². The van der Waals surface area contributed by atoms with E-state index in [2.05, 4.69) is 51.8 Å². The van der Waals surface area contributed by atoms with Gasteiger partial charge in [0.1, 0.15) is 0 Å². The summed E-state index contributed by atoms with van der Waals surface area (Å²) in [6.45, 7) is 14.0. The lowest BCUT2D eigenvalue weighted by molar-refractivity contribution is 0.198. The third kappa shape index (κ3) is 4.82. The number of hydrogen-bond acceptors (Lipinski definition) is 4. The van der Waals surface area contributed by atoms with Crippen LogP contribution in [-0.4, -0.2) is 52.1 Å². The molecule has 2 aromatic rings. The quantitative estimate of drug-likeness (QED) is 0.786. The van der Waals surface area contributed by atoms with Crippen LogP contribution in [0, 0.1) is 27.7 Å². The van der Waals surface area contributed by atoms with Gasteiger partial charge in [-0.2, -0.15) is 0 Å². The van der Waals surface area contributed by atoms with Crippen LogP contribution in [0.4, 0.5) is 5.69 Å². The first-order valence-electron chi connectivity index (χ1n) is 10.3. The summed E-state index contributed by atoms with van der Waals surface area (Å²) in [6, 6.07) is 12.6. The average molecular weight is 416 g/mol. The van der Waals surface area contributed by atoms with Gasteiger partial charge in [0.05, 0.1) is 4.90 Å². The summed E-state index contributed by atoms with van der Waals surface area (Å²) >= 11 is 0. The van der Waals surface area contributed by atoms with E-state index in [1.54, 1.807) is 0 Å². The van der Waals surface area contributed by atoms with Gasteiger partial charge < -0.3 is 4.90 Å². The van der Waals surface area contributed by atoms with E-state index in [1.807, 2.05) is 33.8 Å². The Hall–Kier alpha value is -1.89. The highest BCUT2D eigenvalue weighted by Crippen LogP contribution is 2.26. The smallest absolute Gasteiger partial charge is 0.241 e. The number of aryl methyl sites for hydroxylation is 2. The molecule has 5 nitrogen and oxygen atoms in total. The molecular weight excluding hydrogens is 382 g/mol. The largest absolute Gasteiger partial charge is 0.369 e. The molecule has 158 valence electrons. The third-order valence-corrected chi connectivity index (χ3v) is 7.89. The Labute approximate surface area is 175 Å². The van der Waals surface area contributed by atoms with E-state index in [1.165, 1.54) is 5.69 Å². The molecular formula is C23H33N3O2S. The van der Waals surface area contributed by atoms with E-state index in [9.17, 15) is 8.42 Å². The first-order valence-corrected chi connectivity index (χ1v) is 11.8. The number of nitrogens with one attached hydrogen (secondary N) is 1. The average Bonchev–Trinajstić information content (AvgIpc) is 2.71. The van der Waals surface area contributed by atoms with E-state index in [0.717, 1.165) is 48.4 Å². The van der Waals surface area contributed by atoms with Crippen LogP contribution < -0.4 is 9.62 Å². The highest BCUT2D eigenvalue weighted by atomic mass is 32.2. The zero-order chi connectivity index (χ0) is 21.2. The molecule has 1 atom stereocenters. The van der Waals surface area contributed by atoms with Crippen molar-refractivity contribution in [3.05, 3.63) is 58.7 Å². The fraction of sp³-hybridized carbons (Fsp3) is 0.478. The van der Waals surface area contributed by atoms with Gasteiger partial charge in [0.15, 0.2) is 0 Å². The molecule has 0 saturated carbocycles. The topological polar surface area (TPSA) is 52.7 Å². The zero-order valence-electron chi connectivity index (χ0n) is 18.2. The zero-order valence-corrected chi connectivity index (χ0v) is 19.0. The lowest BCUT2D eigenvalue weighted by Crippen LogP contribution is -2.52. The Morgan fingerprint density at radius 1 is 0.931 bits per heavy atom. The number of rotatable bonds is 6. The predicted molar refractivity (Wildman–Crippen MR) is 120 cm³/mol. The molecule has 1 unspecified atom stereocenters. The van der Waals surface area contributed by atoms with Crippen molar-refractivity contribution in [2.45, 2.75) is 45.6 Å². The SMILES string of the molecule is Cc1cc(C)c(C)c(S(=O)(=O)NCC(C)N2CCN(c3ccccc3)CC2)c1C. The highest BCUT2D eigenvalue weighted by Gasteiger charge is 2.25. The molecule has 1 heterocycles. The van der Waals surface area contributed by atoms with Crippen molar-refractivity contribution >= 4 is 15.7 Å². The summed E-state index contributed by atoms with van der Waals surface area (Å²) in [4.78, 5) is 5.19. The lowest BCUT2D eigenvalue weighted by Gasteiger charge is -2.39. The van der Waals surface area contributed by atoms with Gasteiger partial charge in [-0.3, -0.25) is 4.90 Å². The van der Waals surface area contributed by atoms with E-state index in [0.29, 0.717) is 11.4 Å². The van der Waals surface area contributed by atoms with Crippen LogP contribution in [0.2, 0.25) is 0 Å². The fourth-order valence-corrected chi connectivity index (χ4v) is 5.81. The normalized spacial score (nSPS) is 16.8. The summed E-state index contributed by atoms with van der Waals surface area (Å²) in [5, 5.41) is 0. The van der Waals surface area contributed by atoms with Crippen LogP contribution in [0.25, 0.3) is 0 Å². The van der Waals surface area contributed by atoms with E-state index in [4.69, 9.17) is 0 Å². The van der Waals surface area contributed by atoms with Crippen molar-refractivity contribution in [1.82, 2.24) is 9.62 Å². The number of benzene rings is 2. The molecule has 1 fully saturated rings. The Kier molecular flexibility index (Phi) is 6.66. The minimum atomic E-state index is -3.54. The number of nitrogens with zero attached hydrogens (tertiary/aromatic N) is 2. The molecule has 1 aliphatic rings. The van der Waals surface area contributed by atoms with Crippen molar-refractivity contribution in [1.29, 1.82) is 0 Å². The maximum absolute atomic E-state index is 13.1. The Morgan fingerprint density at radius 3 is 2.03 bits per heavy atom. The monoisotopic (exact) mass is 415 g/mol. The lowest BCUT2D eigenvalue weighted by atomic mass is 10.0. The van der Waals surface area contributed by atoms with Crippen LogP contribution >= 0.6 is 0 Å². The molecule has 2 aromatic carbocycles. The number of anilines is 1. The van der Waals surface area contributed by atoms with Gasteiger partial charge in [0, 0.05) is 44.5 Å². The van der Waals surface area contributed by atoms with Gasteiger partial charge in [0.25, 0.3) is 0 Å². The molecule has 1 aliphatic heterocycles. The second-order valence-corrected chi connectivity index (χ2v) is 9.85. The second kappa shape index (κ2) is 8.86. The van der Waals surface area contributed by atoms with Crippen molar-refractivity contribution in [3.8, 4) is 0 Å². The van der Waals surface area contributed by atoms with Gasteiger partial charge in [-0.15, -0.1) is 0 Å². The molecule has 1 saturated heterocycles. The first-order chi connectivity index (χ1) is 13.7. The minimum absolute atomic E-state index is 0.147. The summed E-state index contributed by atoms with van der Waals surface area (Å²) in [5.41, 5.74) is 4.95. The van der Waals surface area contributed by atoms with Crippen LogP contribution in [-0.2, 0) is 10.0 Å². The van der Waals surface area contributed by atoms with Gasteiger partial charge >= 0.3 is 0 Å². The van der Waals surface area contributed by atoms with Gasteiger partial charge in [-0.05, 0) is 69.0 Å². The first kappa shape index (κ1) is 21.8. The molecule has 0 radical (unpaired) electrons. The third-order valence-electron chi connectivity index (χ3n) is 6.19. The standard InChI is InChI=1S/C23H33N3O2S/c1-17-15-18(2)21(5)23(20(17)4)29(27,28)24-16-19(3)25-11-13-26(14-12-25)22-9-7-6-8-10-22/h6-10,15,19,24H,11-14,16H2,1-5H3. The van der Waals surface area contributed by atoms with E-state index in [-0.39, 0.29) is 6.04 Å². The molecule has 0 aliphatic carbocycles. The summed E-state index contributed by atoms with van der Waals surface area (Å²) in [7, 11) is -3.54. The number of sulfonamides is 1. The van der Waals surface area contributed by atoms with Gasteiger partial charge in [-0.25, -0.2) is 13.1 Å². The Balaban J connectivity index is 1.62. The van der Waals surface area contributed by atoms with Crippen LogP contribution in [0.5, 0.6) is 0 Å². The summed E-state index contributed by atoms with van der Waals surface area (Å²) < 4.78 is 29.0. The molecule has 0 spiro atoms. The van der Waals surface area contributed by atoms with E-state index >= 15 is 0 Å². The van der Waals surface area contributed by atoms with E-state index < -0.39 is 10.0 Å². The molecule has 29 heavy (non-hydrogen) atoms. The van der Waals surface area contributed by atoms with Crippen molar-refractivity contribution < 1.29 is 8.42 Å². The maximum atomic E-state index is 13.1. The van der Waals surface area contributed by atoms with Crippen LogP contribution in [0.3, 0.4) is 0 Å². The Bertz CT molecular complexity index is 924. The van der Waals surface area contributed by atoms with Crippen molar-refractivity contribution in [2.24, 2.45) is 0 Å². The Morgan fingerprint density at radius 2 is 1.48 bits per heavy atom. The second-order valence-electron chi connectivity index (χ2n) is 8.15. The molecule has 1 N–H and O–H groups in total. The van der Waals surface area contributed by atoms with Crippen molar-refractivity contribution in [3.63, 3.8) is 0 Å². The number of para-hydroxylation sites is 1. The minimum Gasteiger partial charge on any atom is -0.369 e. The van der Waals surface area contributed by atoms with Gasteiger partial charge in [0.2, 0.25) is 10.0 Å². The highest BCUT2D eigenvalue weighted by molar-refractivity contribution is 7.89. The molecule has 0 bridgehead atoms. The van der Waals surface area contributed by atoms with Gasteiger partial charge in [-0.1, -0.05) is 24.3 Å². The fourth-order valence-electron chi connectivity index (χ4n) is 4.08. The predicted octanol–water partition coefficient (Wildman–Crippen LogP) is 3.41. The molecule has 6 heteroatoms. The van der Waals surface area contributed by atoms with Crippen LogP contribution in [0.15, 0.2) is 41.3 Å². The molecule has 3 rings (SSSR count). The molecule has 0 aromatic heterocycles. The number of piperazine rings is 1. The summed E-state index contributed by atoms with van der Waals surface area (Å²) in [6.07, 6.45) is 0. The number of hydrogen-bond donors (Lipinski definition) is 1. The van der Waals surface area contributed by atoms with Crippen LogP contribution in [0.1, 0.15) is 29.2 Å². The molecule has 0 amide bonds. The maximum Gasteiger partial charge on any atom is 0.241 e.